The summed E-state index contributed by atoms with van der Waals surface area (Å²) in [7, 11) is -8.32. The largest absolute Gasteiger partial charge is 0.481 e. The summed E-state index contributed by atoms with van der Waals surface area (Å²) in [6.07, 6.45) is 0.0682. The minimum absolute atomic E-state index is 0.0111. The normalized spacial score (nSPS) is 24.1. The number of aromatic amines is 1. The summed E-state index contributed by atoms with van der Waals surface area (Å²) < 4.78 is 44.9. The first-order valence-corrected chi connectivity index (χ1v) is 14.0. The van der Waals surface area contributed by atoms with E-state index >= 15 is 0 Å². The van der Waals surface area contributed by atoms with Crippen LogP contribution in [-0.4, -0.2) is 63.2 Å². The number of azide groups is 1. The number of ether oxygens (including phenoxy) is 1. The number of likely N-dealkylation sites (N-methyl/N-ethyl adjacent to an activating group) is 1. The quantitative estimate of drug-likeness (QED) is 0.131. The van der Waals surface area contributed by atoms with Gasteiger partial charge in [0.15, 0.2) is 0 Å². The molecule has 0 bridgehead atoms. The Morgan fingerprint density at radius 3 is 2.69 bits per heavy atom. The summed E-state index contributed by atoms with van der Waals surface area (Å²) in [6.45, 7) is 6.67. The van der Waals surface area contributed by atoms with E-state index < -0.39 is 51.9 Å². The van der Waals surface area contributed by atoms with Crippen molar-refractivity contribution in [3.8, 4) is 0 Å². The Morgan fingerprint density at radius 2 is 2.06 bits per heavy atom. The summed E-state index contributed by atoms with van der Waals surface area (Å²) in [5, 5.41) is 3.55. The lowest BCUT2D eigenvalue weighted by Crippen LogP contribution is -2.33. The van der Waals surface area contributed by atoms with Gasteiger partial charge >= 0.3 is 21.3 Å². The number of rotatable bonds is 14. The molecule has 1 aliphatic rings. The number of nitrogens with one attached hydrogen (secondary N) is 1. The van der Waals surface area contributed by atoms with Gasteiger partial charge in [0.2, 0.25) is 0 Å². The number of nitrogens with zero attached hydrogens (tertiary/aromatic N) is 5. The lowest BCUT2D eigenvalue weighted by Gasteiger charge is -2.21. The van der Waals surface area contributed by atoms with E-state index in [0.717, 1.165) is 11.0 Å². The molecule has 1 saturated heterocycles. The highest BCUT2D eigenvalue weighted by Crippen LogP contribution is 2.60. The van der Waals surface area contributed by atoms with Crippen molar-refractivity contribution < 1.29 is 37.0 Å². The maximum absolute atomic E-state index is 12.2. The van der Waals surface area contributed by atoms with Gasteiger partial charge in [0.25, 0.3) is 5.56 Å². The van der Waals surface area contributed by atoms with E-state index in [0.29, 0.717) is 0 Å². The fourth-order valence-corrected chi connectivity index (χ4v) is 5.35. The number of hydrogen-bond acceptors (Lipinski definition) is 10. The topological polar surface area (TPSA) is 218 Å². The molecule has 1 fully saturated rings. The molecule has 3 N–H and O–H groups in total. The lowest BCUT2D eigenvalue weighted by atomic mass is 10.1. The molecule has 203 valence electrons. The van der Waals surface area contributed by atoms with Gasteiger partial charge in [-0.2, -0.15) is 4.31 Å². The highest BCUT2D eigenvalue weighted by molar-refractivity contribution is 7.61. The molecular formula is C18H31N6O10P2. The highest BCUT2D eigenvalue weighted by atomic mass is 31.3. The van der Waals surface area contributed by atoms with Crippen LogP contribution in [0, 0.1) is 19.4 Å². The summed E-state index contributed by atoms with van der Waals surface area (Å²) in [5.74, 6) is 0.289. The number of hydrogen-bond donors (Lipinski definition) is 3. The van der Waals surface area contributed by atoms with Gasteiger partial charge in [-0.25, -0.2) is 13.9 Å². The fraction of sp³-hybridized carbons (Fsp3) is 0.722. The number of aryl methyl sites for hydroxylation is 1. The number of phosphoric ester groups is 2. The van der Waals surface area contributed by atoms with E-state index in [1.165, 1.54) is 13.1 Å². The maximum Gasteiger partial charge on any atom is 0.481 e. The zero-order chi connectivity index (χ0) is 27.1. The molecule has 0 aromatic carbocycles. The summed E-state index contributed by atoms with van der Waals surface area (Å²) in [5.41, 5.74) is 7.72. The second kappa shape index (κ2) is 13.1. The summed E-state index contributed by atoms with van der Waals surface area (Å²) in [4.78, 5) is 50.0. The Labute approximate surface area is 207 Å². The van der Waals surface area contributed by atoms with Gasteiger partial charge in [0.05, 0.1) is 25.4 Å². The van der Waals surface area contributed by atoms with Crippen molar-refractivity contribution in [2.75, 3.05) is 26.8 Å². The van der Waals surface area contributed by atoms with Crippen molar-refractivity contribution in [3.63, 3.8) is 0 Å². The van der Waals surface area contributed by atoms with Crippen LogP contribution < -0.4 is 11.2 Å². The monoisotopic (exact) mass is 553 g/mol. The molecule has 1 radical (unpaired) electrons. The van der Waals surface area contributed by atoms with Crippen molar-refractivity contribution in [3.05, 3.63) is 49.6 Å². The molecule has 0 aliphatic carbocycles. The van der Waals surface area contributed by atoms with Gasteiger partial charge in [-0.1, -0.05) is 25.4 Å². The average molecular weight is 553 g/mol. The zero-order valence-corrected chi connectivity index (χ0v) is 22.1. The van der Waals surface area contributed by atoms with Crippen molar-refractivity contribution in [1.82, 2.24) is 14.5 Å². The number of H-pyrrole nitrogens is 1. The predicted octanol–water partition coefficient (Wildman–Crippen LogP) is 2.20. The molecule has 2 heterocycles. The van der Waals surface area contributed by atoms with Crippen molar-refractivity contribution in [2.45, 2.75) is 52.0 Å². The SMILES string of the molecule is CCC(C)[CH]N(C)CCOP(=O)(O)OP(=O)(O)OCC1OC(n2cc(C)c(=O)[nH]c2=O)CC1N=[N+]=[N-]. The lowest BCUT2D eigenvalue weighted by molar-refractivity contribution is -0.0269. The Hall–Kier alpha value is -1.83. The van der Waals surface area contributed by atoms with E-state index in [1.807, 2.05) is 20.4 Å². The molecule has 6 atom stereocenters. The van der Waals surface area contributed by atoms with Gasteiger partial charge in [0.1, 0.15) is 6.23 Å². The molecule has 16 nitrogen and oxygen atoms in total. The minimum Gasteiger partial charge on any atom is -0.352 e. The Bertz CT molecular complexity index is 1150. The van der Waals surface area contributed by atoms with Gasteiger partial charge in [-0.3, -0.25) is 28.3 Å². The molecule has 0 spiro atoms. The maximum atomic E-state index is 12.2. The van der Waals surface area contributed by atoms with Crippen LogP contribution in [0.3, 0.4) is 0 Å². The molecule has 6 unspecified atom stereocenters. The highest BCUT2D eigenvalue weighted by Gasteiger charge is 2.40. The van der Waals surface area contributed by atoms with E-state index in [-0.39, 0.29) is 31.1 Å². The van der Waals surface area contributed by atoms with E-state index in [2.05, 4.69) is 19.3 Å². The van der Waals surface area contributed by atoms with Crippen LogP contribution in [0.1, 0.15) is 38.5 Å². The molecule has 0 amide bonds. The van der Waals surface area contributed by atoms with Crippen molar-refractivity contribution >= 4 is 15.6 Å². The van der Waals surface area contributed by atoms with E-state index in [1.54, 1.807) is 11.9 Å². The third-order valence-electron chi connectivity index (χ3n) is 5.32. The predicted molar refractivity (Wildman–Crippen MR) is 127 cm³/mol. The van der Waals surface area contributed by atoms with Gasteiger partial charge < -0.3 is 14.5 Å². The Kier molecular flexibility index (Phi) is 11.1. The average Bonchev–Trinajstić information content (AvgIpc) is 3.16. The second-order valence-corrected chi connectivity index (χ2v) is 11.3. The van der Waals surface area contributed by atoms with Crippen LogP contribution in [0.4, 0.5) is 0 Å². The van der Waals surface area contributed by atoms with Crippen LogP contribution in [0.2, 0.25) is 0 Å². The van der Waals surface area contributed by atoms with Crippen LogP contribution in [0.5, 0.6) is 0 Å². The zero-order valence-electron chi connectivity index (χ0n) is 20.3. The van der Waals surface area contributed by atoms with Gasteiger partial charge in [-0.05, 0) is 25.4 Å². The fourth-order valence-electron chi connectivity index (χ4n) is 3.28. The second-order valence-electron chi connectivity index (χ2n) is 8.28. The van der Waals surface area contributed by atoms with Gasteiger partial charge in [-0.15, -0.1) is 0 Å². The smallest absolute Gasteiger partial charge is 0.352 e. The molecule has 36 heavy (non-hydrogen) atoms. The first-order chi connectivity index (χ1) is 16.8. The van der Waals surface area contributed by atoms with Crippen LogP contribution in [0.25, 0.3) is 10.4 Å². The molecule has 1 aromatic rings. The molecular weight excluding hydrogens is 522 g/mol. The van der Waals surface area contributed by atoms with Crippen LogP contribution in [-0.2, 0) is 27.2 Å². The Balaban J connectivity index is 1.96. The van der Waals surface area contributed by atoms with Gasteiger partial charge in [0, 0.05) is 36.2 Å². The van der Waals surface area contributed by atoms with Crippen LogP contribution >= 0.6 is 15.6 Å². The van der Waals surface area contributed by atoms with E-state index in [9.17, 15) is 28.5 Å². The van der Waals surface area contributed by atoms with Crippen LogP contribution in [0.15, 0.2) is 20.9 Å². The number of phosphoric acid groups is 2. The van der Waals surface area contributed by atoms with Crippen molar-refractivity contribution in [2.24, 2.45) is 11.0 Å². The third kappa shape index (κ3) is 9.24. The summed E-state index contributed by atoms with van der Waals surface area (Å²) >= 11 is 0. The minimum atomic E-state index is -5.11. The van der Waals surface area contributed by atoms with E-state index in [4.69, 9.17) is 19.3 Å². The third-order valence-corrected chi connectivity index (χ3v) is 7.96. The molecule has 0 saturated carbocycles. The molecule has 18 heteroatoms. The molecule has 1 aliphatic heterocycles. The summed E-state index contributed by atoms with van der Waals surface area (Å²) in [6, 6.07) is -0.923. The first kappa shape index (κ1) is 30.4. The number of aromatic nitrogens is 2. The Morgan fingerprint density at radius 1 is 1.39 bits per heavy atom. The first-order valence-electron chi connectivity index (χ1n) is 11.0. The van der Waals surface area contributed by atoms with Crippen molar-refractivity contribution in [1.29, 1.82) is 0 Å². The standard InChI is InChI=1S/C18H31N6O10P2/c1-5-12(2)9-23(4)6-7-31-35(27,28)34-36(29,30)32-11-15-14(21-22-19)8-16(33-15)24-10-13(3)17(25)20-18(24)26/h9-10,12,14-16H,5-8,11H2,1-4H3,(H,27,28)(H,29,30)(H,20,25,26). The molecule has 2 rings (SSSR count). The molecule has 1 aromatic heterocycles.